The SMILES string of the molecule is Clc1ccc(-c2cn[nH]c2C2CCCN(Cc3cccs3)C2)cc1. The Kier molecular flexibility index (Phi) is 4.69. The van der Waals surface area contributed by atoms with Crippen molar-refractivity contribution in [3.05, 3.63) is 63.6 Å². The normalized spacial score (nSPS) is 18.8. The molecule has 1 aliphatic heterocycles. The summed E-state index contributed by atoms with van der Waals surface area (Å²) in [6.07, 6.45) is 4.38. The Bertz CT molecular complexity index is 779. The minimum Gasteiger partial charge on any atom is -0.298 e. The van der Waals surface area contributed by atoms with E-state index < -0.39 is 0 Å². The van der Waals surface area contributed by atoms with Crippen LogP contribution in [0.3, 0.4) is 0 Å². The van der Waals surface area contributed by atoms with E-state index >= 15 is 0 Å². The largest absolute Gasteiger partial charge is 0.298 e. The fourth-order valence-electron chi connectivity index (χ4n) is 3.52. The highest BCUT2D eigenvalue weighted by Gasteiger charge is 2.25. The summed E-state index contributed by atoms with van der Waals surface area (Å²) in [6.45, 7) is 3.32. The number of halogens is 1. The molecular weight excluding hydrogens is 338 g/mol. The van der Waals surface area contributed by atoms with Crippen LogP contribution in [-0.2, 0) is 6.54 Å². The van der Waals surface area contributed by atoms with Crippen LogP contribution in [-0.4, -0.2) is 28.2 Å². The molecule has 0 radical (unpaired) electrons. The van der Waals surface area contributed by atoms with Crippen molar-refractivity contribution in [3.63, 3.8) is 0 Å². The molecule has 4 rings (SSSR count). The summed E-state index contributed by atoms with van der Waals surface area (Å²) in [4.78, 5) is 4.00. The number of thiophene rings is 1. The second-order valence-corrected chi connectivity index (χ2v) is 7.83. The number of hydrogen-bond acceptors (Lipinski definition) is 3. The predicted molar refractivity (Wildman–Crippen MR) is 101 cm³/mol. The zero-order chi connectivity index (χ0) is 16.4. The minimum atomic E-state index is 0.506. The molecule has 3 heterocycles. The first-order valence-corrected chi connectivity index (χ1v) is 9.59. The molecule has 1 unspecified atom stereocenters. The number of nitrogens with zero attached hydrogens (tertiary/aromatic N) is 2. The van der Waals surface area contributed by atoms with Crippen molar-refractivity contribution in [1.29, 1.82) is 0 Å². The summed E-state index contributed by atoms with van der Waals surface area (Å²) in [5.74, 6) is 0.506. The van der Waals surface area contributed by atoms with Crippen molar-refractivity contribution in [2.75, 3.05) is 13.1 Å². The lowest BCUT2D eigenvalue weighted by Crippen LogP contribution is -2.34. The molecule has 2 aromatic heterocycles. The number of H-pyrrole nitrogens is 1. The third-order valence-electron chi connectivity index (χ3n) is 4.70. The fourth-order valence-corrected chi connectivity index (χ4v) is 4.40. The molecule has 1 fully saturated rings. The van der Waals surface area contributed by atoms with Crippen molar-refractivity contribution in [1.82, 2.24) is 15.1 Å². The lowest BCUT2D eigenvalue weighted by molar-refractivity contribution is 0.200. The molecule has 3 aromatic rings. The molecule has 3 nitrogen and oxygen atoms in total. The molecule has 0 bridgehead atoms. The first kappa shape index (κ1) is 15.9. The van der Waals surface area contributed by atoms with Crippen molar-refractivity contribution in [3.8, 4) is 11.1 Å². The highest BCUT2D eigenvalue weighted by molar-refractivity contribution is 7.09. The van der Waals surface area contributed by atoms with Crippen LogP contribution >= 0.6 is 22.9 Å². The Labute approximate surface area is 151 Å². The van der Waals surface area contributed by atoms with E-state index in [4.69, 9.17) is 11.6 Å². The molecule has 0 aliphatic carbocycles. The van der Waals surface area contributed by atoms with Gasteiger partial charge in [-0.15, -0.1) is 11.3 Å². The Balaban J connectivity index is 1.53. The van der Waals surface area contributed by atoms with Gasteiger partial charge >= 0.3 is 0 Å². The molecule has 1 aromatic carbocycles. The topological polar surface area (TPSA) is 31.9 Å². The van der Waals surface area contributed by atoms with E-state index in [9.17, 15) is 0 Å². The molecule has 0 saturated carbocycles. The standard InChI is InChI=1S/C19H20ClN3S/c20-16-7-5-14(6-8-16)18-11-21-22-19(18)15-3-1-9-23(12-15)13-17-4-2-10-24-17/h2,4-8,10-11,15H,1,3,9,12-13H2,(H,21,22). The van der Waals surface area contributed by atoms with E-state index in [-0.39, 0.29) is 0 Å². The zero-order valence-corrected chi connectivity index (χ0v) is 15.0. The van der Waals surface area contributed by atoms with Crippen molar-refractivity contribution in [2.45, 2.75) is 25.3 Å². The monoisotopic (exact) mass is 357 g/mol. The molecule has 24 heavy (non-hydrogen) atoms. The second-order valence-electron chi connectivity index (χ2n) is 6.36. The number of rotatable bonds is 4. The molecule has 5 heteroatoms. The summed E-state index contributed by atoms with van der Waals surface area (Å²) >= 11 is 7.86. The highest BCUT2D eigenvalue weighted by Crippen LogP contribution is 2.34. The molecule has 124 valence electrons. The number of nitrogens with one attached hydrogen (secondary N) is 1. The van der Waals surface area contributed by atoms with Gasteiger partial charge in [0.15, 0.2) is 0 Å². The Morgan fingerprint density at radius 1 is 1.25 bits per heavy atom. The van der Waals surface area contributed by atoms with Gasteiger partial charge in [-0.25, -0.2) is 0 Å². The van der Waals surface area contributed by atoms with E-state index in [1.807, 2.05) is 29.7 Å². The lowest BCUT2D eigenvalue weighted by Gasteiger charge is -2.32. The van der Waals surface area contributed by atoms with Gasteiger partial charge in [-0.2, -0.15) is 5.10 Å². The van der Waals surface area contributed by atoms with E-state index in [1.54, 1.807) is 0 Å². The van der Waals surface area contributed by atoms with Crippen LogP contribution in [0.15, 0.2) is 48.0 Å². The van der Waals surface area contributed by atoms with Crippen LogP contribution in [0.1, 0.15) is 29.3 Å². The van der Waals surface area contributed by atoms with E-state index in [2.05, 4.69) is 44.7 Å². The molecule has 0 amide bonds. The van der Waals surface area contributed by atoms with E-state index in [0.29, 0.717) is 5.92 Å². The zero-order valence-electron chi connectivity index (χ0n) is 13.4. The maximum atomic E-state index is 6.02. The van der Waals surface area contributed by atoms with Gasteiger partial charge in [0.2, 0.25) is 0 Å². The second kappa shape index (κ2) is 7.09. The van der Waals surface area contributed by atoms with Gasteiger partial charge in [-0.05, 0) is 48.5 Å². The third-order valence-corrected chi connectivity index (χ3v) is 5.81. The predicted octanol–water partition coefficient (Wildman–Crippen LogP) is 5.17. The van der Waals surface area contributed by atoms with Crippen molar-refractivity contribution < 1.29 is 0 Å². The van der Waals surface area contributed by atoms with E-state index in [1.165, 1.54) is 41.1 Å². The average Bonchev–Trinajstić information content (AvgIpc) is 3.27. The summed E-state index contributed by atoms with van der Waals surface area (Å²) in [6, 6.07) is 12.4. The van der Waals surface area contributed by atoms with Gasteiger partial charge in [0.25, 0.3) is 0 Å². The van der Waals surface area contributed by atoms with Crippen LogP contribution < -0.4 is 0 Å². The average molecular weight is 358 g/mol. The number of hydrogen-bond donors (Lipinski definition) is 1. The number of benzene rings is 1. The van der Waals surface area contributed by atoms with Crippen molar-refractivity contribution >= 4 is 22.9 Å². The van der Waals surface area contributed by atoms with Crippen LogP contribution in [0.2, 0.25) is 5.02 Å². The summed E-state index contributed by atoms with van der Waals surface area (Å²) in [5, 5.41) is 10.5. The first-order chi connectivity index (χ1) is 11.8. The number of likely N-dealkylation sites (tertiary alicyclic amines) is 1. The molecule has 1 saturated heterocycles. The van der Waals surface area contributed by atoms with Crippen LogP contribution in [0.5, 0.6) is 0 Å². The van der Waals surface area contributed by atoms with Crippen LogP contribution in [0.4, 0.5) is 0 Å². The maximum Gasteiger partial charge on any atom is 0.0568 e. The van der Waals surface area contributed by atoms with E-state index in [0.717, 1.165) is 18.1 Å². The number of aromatic amines is 1. The van der Waals surface area contributed by atoms with Gasteiger partial charge in [-0.1, -0.05) is 29.8 Å². The molecule has 1 atom stereocenters. The molecule has 0 spiro atoms. The van der Waals surface area contributed by atoms with Gasteiger partial charge in [-0.3, -0.25) is 10.00 Å². The minimum absolute atomic E-state index is 0.506. The smallest absolute Gasteiger partial charge is 0.0568 e. The van der Waals surface area contributed by atoms with Gasteiger partial charge in [0.1, 0.15) is 0 Å². The molecule has 1 N–H and O–H groups in total. The summed E-state index contributed by atoms with van der Waals surface area (Å²) in [7, 11) is 0. The fraction of sp³-hybridized carbons (Fsp3) is 0.316. The molecular formula is C19H20ClN3S. The van der Waals surface area contributed by atoms with Gasteiger partial charge in [0.05, 0.1) is 6.20 Å². The number of aromatic nitrogens is 2. The Morgan fingerprint density at radius 3 is 2.92 bits per heavy atom. The number of piperidine rings is 1. The Morgan fingerprint density at radius 2 is 2.12 bits per heavy atom. The maximum absolute atomic E-state index is 6.02. The molecule has 1 aliphatic rings. The van der Waals surface area contributed by atoms with Crippen LogP contribution in [0, 0.1) is 0 Å². The van der Waals surface area contributed by atoms with Gasteiger partial charge < -0.3 is 0 Å². The third kappa shape index (κ3) is 3.41. The highest BCUT2D eigenvalue weighted by atomic mass is 35.5. The van der Waals surface area contributed by atoms with Crippen LogP contribution in [0.25, 0.3) is 11.1 Å². The van der Waals surface area contributed by atoms with Gasteiger partial charge in [0, 0.05) is 40.2 Å². The Hall–Kier alpha value is -1.62. The first-order valence-electron chi connectivity index (χ1n) is 8.33. The summed E-state index contributed by atoms with van der Waals surface area (Å²) < 4.78 is 0. The lowest BCUT2D eigenvalue weighted by atomic mass is 9.90. The quantitative estimate of drug-likeness (QED) is 0.698. The summed E-state index contributed by atoms with van der Waals surface area (Å²) in [5.41, 5.74) is 3.64. The van der Waals surface area contributed by atoms with Crippen molar-refractivity contribution in [2.24, 2.45) is 0 Å².